The number of amides is 3. The average molecular weight is 476 g/mol. The molecule has 0 fully saturated rings. The first-order valence-corrected chi connectivity index (χ1v) is 11.7. The molecule has 7 nitrogen and oxygen atoms in total. The van der Waals surface area contributed by atoms with Gasteiger partial charge in [0.05, 0.1) is 20.3 Å². The summed E-state index contributed by atoms with van der Waals surface area (Å²) in [6, 6.07) is 24.4. The van der Waals surface area contributed by atoms with Crippen molar-refractivity contribution in [2.24, 2.45) is 0 Å². The van der Waals surface area contributed by atoms with Gasteiger partial charge in [0.25, 0.3) is 0 Å². The van der Waals surface area contributed by atoms with Gasteiger partial charge in [-0.1, -0.05) is 54.6 Å². The highest BCUT2D eigenvalue weighted by Crippen LogP contribution is 2.27. The summed E-state index contributed by atoms with van der Waals surface area (Å²) in [5, 5.41) is 5.88. The zero-order chi connectivity index (χ0) is 25.0. The van der Waals surface area contributed by atoms with Crippen LogP contribution < -0.4 is 20.1 Å². The number of hydrogen-bond acceptors (Lipinski definition) is 4. The van der Waals surface area contributed by atoms with E-state index in [2.05, 4.69) is 10.6 Å². The fourth-order valence-electron chi connectivity index (χ4n) is 3.79. The zero-order valence-corrected chi connectivity index (χ0v) is 20.5. The van der Waals surface area contributed by atoms with Crippen LogP contribution in [0.2, 0.25) is 0 Å². The standard InChI is InChI=1S/C28H33N3O4/c1-21(23-10-6-4-7-11-23)31(28(33)30-24-12-8-5-9-13-24)19-17-27(32)29-18-16-22-14-15-25(34-2)26(20-22)35-3/h4-15,20-21H,16-19H2,1-3H3,(H,29,32)(H,30,33). The number of urea groups is 1. The number of carbonyl (C=O) groups is 2. The first-order valence-electron chi connectivity index (χ1n) is 11.7. The molecule has 1 unspecified atom stereocenters. The molecule has 3 aromatic rings. The molecule has 0 aliphatic carbocycles. The SMILES string of the molecule is COc1ccc(CCNC(=O)CCN(C(=O)Nc2ccccc2)C(C)c2ccccc2)cc1OC. The Kier molecular flexibility index (Phi) is 9.54. The minimum absolute atomic E-state index is 0.108. The van der Waals surface area contributed by atoms with Crippen LogP contribution in [0.5, 0.6) is 11.5 Å². The van der Waals surface area contributed by atoms with Crippen molar-refractivity contribution in [3.63, 3.8) is 0 Å². The molecule has 3 aromatic carbocycles. The van der Waals surface area contributed by atoms with E-state index in [-0.39, 0.29) is 30.9 Å². The molecule has 35 heavy (non-hydrogen) atoms. The maximum absolute atomic E-state index is 13.1. The van der Waals surface area contributed by atoms with Crippen molar-refractivity contribution in [1.29, 1.82) is 0 Å². The van der Waals surface area contributed by atoms with Gasteiger partial charge in [-0.15, -0.1) is 0 Å². The molecule has 0 spiro atoms. The normalized spacial score (nSPS) is 11.3. The van der Waals surface area contributed by atoms with Crippen LogP contribution in [0.3, 0.4) is 0 Å². The molecule has 0 aliphatic rings. The number of anilines is 1. The Morgan fingerprint density at radius 1 is 0.886 bits per heavy atom. The molecule has 7 heteroatoms. The Morgan fingerprint density at radius 2 is 1.54 bits per heavy atom. The van der Waals surface area contributed by atoms with E-state index in [1.54, 1.807) is 19.1 Å². The van der Waals surface area contributed by atoms with Crippen molar-refractivity contribution < 1.29 is 19.1 Å². The smallest absolute Gasteiger partial charge is 0.322 e. The van der Waals surface area contributed by atoms with Crippen LogP contribution in [0.1, 0.15) is 30.5 Å². The summed E-state index contributed by atoms with van der Waals surface area (Å²) in [5.41, 5.74) is 2.75. The maximum Gasteiger partial charge on any atom is 0.322 e. The van der Waals surface area contributed by atoms with Gasteiger partial charge in [0.2, 0.25) is 5.91 Å². The molecule has 2 N–H and O–H groups in total. The number of benzene rings is 3. The van der Waals surface area contributed by atoms with Crippen molar-refractivity contribution in [1.82, 2.24) is 10.2 Å². The third-order valence-electron chi connectivity index (χ3n) is 5.80. The quantitative estimate of drug-likeness (QED) is 0.407. The third-order valence-corrected chi connectivity index (χ3v) is 5.80. The minimum Gasteiger partial charge on any atom is -0.493 e. The van der Waals surface area contributed by atoms with Gasteiger partial charge in [-0.05, 0) is 48.7 Å². The number of carbonyl (C=O) groups excluding carboxylic acids is 2. The lowest BCUT2D eigenvalue weighted by molar-refractivity contribution is -0.121. The molecule has 184 valence electrons. The molecule has 3 rings (SSSR count). The number of ether oxygens (including phenoxy) is 2. The number of rotatable bonds is 11. The number of nitrogens with zero attached hydrogens (tertiary/aromatic N) is 1. The second-order valence-electron chi connectivity index (χ2n) is 8.12. The van der Waals surface area contributed by atoms with Crippen molar-refractivity contribution >= 4 is 17.6 Å². The van der Waals surface area contributed by atoms with Crippen LogP contribution in [0.4, 0.5) is 10.5 Å². The number of nitrogens with one attached hydrogen (secondary N) is 2. The Hall–Kier alpha value is -4.00. The van der Waals surface area contributed by atoms with Crippen LogP contribution in [-0.2, 0) is 11.2 Å². The van der Waals surface area contributed by atoms with E-state index in [1.165, 1.54) is 0 Å². The molecule has 0 saturated carbocycles. The Balaban J connectivity index is 1.57. The van der Waals surface area contributed by atoms with E-state index < -0.39 is 0 Å². The minimum atomic E-state index is -0.245. The predicted molar refractivity (Wildman–Crippen MR) is 138 cm³/mol. The molecular weight excluding hydrogens is 442 g/mol. The van der Waals surface area contributed by atoms with E-state index in [9.17, 15) is 9.59 Å². The Labute approximate surface area is 207 Å². The lowest BCUT2D eigenvalue weighted by atomic mass is 10.1. The first kappa shape index (κ1) is 25.6. The number of methoxy groups -OCH3 is 2. The fraction of sp³-hybridized carbons (Fsp3) is 0.286. The highest BCUT2D eigenvalue weighted by molar-refractivity contribution is 5.90. The molecule has 0 aliphatic heterocycles. The molecule has 0 radical (unpaired) electrons. The van der Waals surface area contributed by atoms with E-state index in [1.807, 2.05) is 85.8 Å². The van der Waals surface area contributed by atoms with Gasteiger partial charge in [0.15, 0.2) is 11.5 Å². The van der Waals surface area contributed by atoms with Crippen LogP contribution >= 0.6 is 0 Å². The molecule has 1 atom stereocenters. The lowest BCUT2D eigenvalue weighted by Gasteiger charge is -2.29. The molecular formula is C28H33N3O4. The lowest BCUT2D eigenvalue weighted by Crippen LogP contribution is -2.40. The Morgan fingerprint density at radius 3 is 2.20 bits per heavy atom. The van der Waals surface area contributed by atoms with Crippen LogP contribution in [-0.4, -0.2) is 44.1 Å². The van der Waals surface area contributed by atoms with E-state index in [0.717, 1.165) is 11.1 Å². The molecule has 0 aromatic heterocycles. The van der Waals surface area contributed by atoms with E-state index in [4.69, 9.17) is 9.47 Å². The van der Waals surface area contributed by atoms with Gasteiger partial charge in [-0.25, -0.2) is 4.79 Å². The molecule has 0 bridgehead atoms. The second-order valence-corrected chi connectivity index (χ2v) is 8.12. The topological polar surface area (TPSA) is 79.9 Å². The summed E-state index contributed by atoms with van der Waals surface area (Å²) in [6.45, 7) is 2.74. The number of hydrogen-bond donors (Lipinski definition) is 2. The highest BCUT2D eigenvalue weighted by atomic mass is 16.5. The van der Waals surface area contributed by atoms with Gasteiger partial charge in [0, 0.05) is 25.2 Å². The average Bonchev–Trinajstić information content (AvgIpc) is 2.89. The van der Waals surface area contributed by atoms with Crippen LogP contribution in [0, 0.1) is 0 Å². The Bertz CT molecular complexity index is 1090. The zero-order valence-electron chi connectivity index (χ0n) is 20.5. The van der Waals surface area contributed by atoms with Crippen LogP contribution in [0.15, 0.2) is 78.9 Å². The molecule has 0 saturated heterocycles. The summed E-state index contributed by atoms with van der Waals surface area (Å²) < 4.78 is 10.6. The van der Waals surface area contributed by atoms with Gasteiger partial charge in [-0.2, -0.15) is 0 Å². The summed E-state index contributed by atoms with van der Waals surface area (Å²) in [5.74, 6) is 1.22. The second kappa shape index (κ2) is 13.0. The maximum atomic E-state index is 13.1. The fourth-order valence-corrected chi connectivity index (χ4v) is 3.79. The monoisotopic (exact) mass is 475 g/mol. The largest absolute Gasteiger partial charge is 0.493 e. The third kappa shape index (κ3) is 7.50. The first-order chi connectivity index (χ1) is 17.0. The predicted octanol–water partition coefficient (Wildman–Crippen LogP) is 5.05. The summed E-state index contributed by atoms with van der Waals surface area (Å²) >= 11 is 0. The van der Waals surface area contributed by atoms with Gasteiger partial charge in [0.1, 0.15) is 0 Å². The van der Waals surface area contributed by atoms with E-state index in [0.29, 0.717) is 30.2 Å². The van der Waals surface area contributed by atoms with Crippen molar-refractivity contribution in [3.05, 3.63) is 90.0 Å². The summed E-state index contributed by atoms with van der Waals surface area (Å²) in [6.07, 6.45) is 0.857. The van der Waals surface area contributed by atoms with Gasteiger partial charge >= 0.3 is 6.03 Å². The van der Waals surface area contributed by atoms with Crippen molar-refractivity contribution in [2.75, 3.05) is 32.6 Å². The summed E-state index contributed by atoms with van der Waals surface area (Å²) in [4.78, 5) is 27.4. The summed E-state index contributed by atoms with van der Waals surface area (Å²) in [7, 11) is 3.19. The number of para-hydroxylation sites is 1. The van der Waals surface area contributed by atoms with Crippen molar-refractivity contribution in [3.8, 4) is 11.5 Å². The van der Waals surface area contributed by atoms with Gasteiger partial charge in [-0.3, -0.25) is 4.79 Å². The van der Waals surface area contributed by atoms with Gasteiger partial charge < -0.3 is 25.0 Å². The highest BCUT2D eigenvalue weighted by Gasteiger charge is 2.22. The van der Waals surface area contributed by atoms with Crippen LogP contribution in [0.25, 0.3) is 0 Å². The molecule has 0 heterocycles. The molecule has 3 amide bonds. The van der Waals surface area contributed by atoms with Crippen molar-refractivity contribution in [2.45, 2.75) is 25.8 Å². The van der Waals surface area contributed by atoms with E-state index >= 15 is 0 Å².